The highest BCUT2D eigenvalue weighted by Crippen LogP contribution is 2.04. The van der Waals surface area contributed by atoms with E-state index in [1.54, 1.807) is 34.1 Å². The average Bonchev–Trinajstić information content (AvgIpc) is 2.60. The van der Waals surface area contributed by atoms with Gasteiger partial charge in [0.1, 0.15) is 6.42 Å². The molecule has 0 radical (unpaired) electrons. The smallest absolute Gasteiger partial charge is 0.251 e. The van der Waals surface area contributed by atoms with Crippen LogP contribution >= 0.6 is 0 Å². The van der Waals surface area contributed by atoms with Gasteiger partial charge in [-0.05, 0) is 12.1 Å². The molecule has 0 aliphatic carbocycles. The van der Waals surface area contributed by atoms with Crippen molar-refractivity contribution in [3.05, 3.63) is 35.9 Å². The summed E-state index contributed by atoms with van der Waals surface area (Å²) in [5, 5.41) is 11.1. The number of carbonyl (C=O) groups is 3. The summed E-state index contributed by atoms with van der Waals surface area (Å²) in [5.41, 5.74) is 0.507. The van der Waals surface area contributed by atoms with Crippen molar-refractivity contribution in [1.29, 1.82) is 5.26 Å². The highest BCUT2D eigenvalue weighted by Gasteiger charge is 2.23. The Labute approximate surface area is 134 Å². The molecule has 1 heterocycles. The zero-order valence-electron chi connectivity index (χ0n) is 12.7. The normalized spacial score (nSPS) is 14.0. The lowest BCUT2D eigenvalue weighted by Gasteiger charge is -2.34. The van der Waals surface area contributed by atoms with Crippen LogP contribution in [0.4, 0.5) is 0 Å². The second kappa shape index (κ2) is 7.94. The summed E-state index contributed by atoms with van der Waals surface area (Å²) in [6, 6.07) is 10.5. The molecule has 7 heteroatoms. The van der Waals surface area contributed by atoms with Crippen LogP contribution in [0, 0.1) is 11.3 Å². The number of rotatable bonds is 4. The maximum Gasteiger partial charge on any atom is 0.251 e. The van der Waals surface area contributed by atoms with Crippen molar-refractivity contribution >= 4 is 17.7 Å². The van der Waals surface area contributed by atoms with Gasteiger partial charge in [-0.15, -0.1) is 0 Å². The van der Waals surface area contributed by atoms with Gasteiger partial charge in [-0.1, -0.05) is 18.2 Å². The van der Waals surface area contributed by atoms with E-state index in [0.29, 0.717) is 31.7 Å². The van der Waals surface area contributed by atoms with E-state index < -0.39 is 0 Å². The minimum Gasteiger partial charge on any atom is -0.343 e. The van der Waals surface area contributed by atoms with Crippen molar-refractivity contribution in [3.8, 4) is 6.07 Å². The molecular weight excluding hydrogens is 296 g/mol. The molecular formula is C16H18N4O3. The maximum absolute atomic E-state index is 12.1. The molecule has 0 saturated carbocycles. The van der Waals surface area contributed by atoms with Gasteiger partial charge in [0.15, 0.2) is 0 Å². The highest BCUT2D eigenvalue weighted by atomic mass is 16.2. The van der Waals surface area contributed by atoms with E-state index in [1.165, 1.54) is 0 Å². The van der Waals surface area contributed by atoms with E-state index in [9.17, 15) is 14.4 Å². The number of hydrogen-bond acceptors (Lipinski definition) is 4. The Morgan fingerprint density at radius 3 is 2.13 bits per heavy atom. The second-order valence-electron chi connectivity index (χ2n) is 5.15. The fourth-order valence-electron chi connectivity index (χ4n) is 2.34. The molecule has 1 saturated heterocycles. The minimum absolute atomic E-state index is 0.0696. The lowest BCUT2D eigenvalue weighted by Crippen LogP contribution is -2.52. The van der Waals surface area contributed by atoms with E-state index in [0.717, 1.165) is 0 Å². The first kappa shape index (κ1) is 16.5. The molecule has 7 nitrogen and oxygen atoms in total. The van der Waals surface area contributed by atoms with Crippen LogP contribution in [0.25, 0.3) is 0 Å². The van der Waals surface area contributed by atoms with Gasteiger partial charge in [-0.2, -0.15) is 5.26 Å². The van der Waals surface area contributed by atoms with Crippen LogP contribution in [0.5, 0.6) is 0 Å². The molecule has 2 rings (SSSR count). The molecule has 0 bridgehead atoms. The summed E-state index contributed by atoms with van der Waals surface area (Å²) in [5.74, 6) is -0.680. The maximum atomic E-state index is 12.1. The first-order valence-corrected chi connectivity index (χ1v) is 7.37. The summed E-state index contributed by atoms with van der Waals surface area (Å²) in [6.07, 6.45) is -0.138. The third-order valence-corrected chi connectivity index (χ3v) is 3.65. The number of piperazine rings is 1. The van der Waals surface area contributed by atoms with Crippen molar-refractivity contribution in [2.75, 3.05) is 32.7 Å². The van der Waals surface area contributed by atoms with E-state index in [2.05, 4.69) is 5.32 Å². The number of carbonyl (C=O) groups excluding carboxylic acids is 3. The van der Waals surface area contributed by atoms with Gasteiger partial charge in [0, 0.05) is 31.7 Å². The third kappa shape index (κ3) is 4.54. The molecule has 1 aliphatic heterocycles. The van der Waals surface area contributed by atoms with Gasteiger partial charge in [-0.25, -0.2) is 0 Å². The van der Waals surface area contributed by atoms with E-state index in [1.807, 2.05) is 12.1 Å². The molecule has 1 fully saturated rings. The molecule has 23 heavy (non-hydrogen) atoms. The highest BCUT2D eigenvalue weighted by molar-refractivity contribution is 5.96. The number of hydrogen-bond donors (Lipinski definition) is 1. The first-order valence-electron chi connectivity index (χ1n) is 7.37. The largest absolute Gasteiger partial charge is 0.343 e. The zero-order valence-corrected chi connectivity index (χ0v) is 12.7. The van der Waals surface area contributed by atoms with Crippen LogP contribution in [-0.2, 0) is 9.59 Å². The first-order chi connectivity index (χ1) is 11.1. The van der Waals surface area contributed by atoms with Crippen molar-refractivity contribution in [1.82, 2.24) is 15.1 Å². The van der Waals surface area contributed by atoms with Gasteiger partial charge in [0.25, 0.3) is 5.91 Å². The fraction of sp³-hybridized carbons (Fsp3) is 0.375. The minimum atomic E-state index is -0.290. The lowest BCUT2D eigenvalue weighted by atomic mass is 10.2. The Morgan fingerprint density at radius 2 is 1.57 bits per heavy atom. The predicted molar refractivity (Wildman–Crippen MR) is 82.2 cm³/mol. The number of nitriles is 1. The van der Waals surface area contributed by atoms with E-state index in [-0.39, 0.29) is 30.7 Å². The fourth-order valence-corrected chi connectivity index (χ4v) is 2.34. The Kier molecular flexibility index (Phi) is 5.69. The van der Waals surface area contributed by atoms with Crippen molar-refractivity contribution < 1.29 is 14.4 Å². The Bertz CT molecular complexity index is 616. The number of nitrogens with zero attached hydrogens (tertiary/aromatic N) is 3. The Hall–Kier alpha value is -2.88. The zero-order chi connectivity index (χ0) is 16.7. The van der Waals surface area contributed by atoms with E-state index >= 15 is 0 Å². The van der Waals surface area contributed by atoms with Crippen LogP contribution in [0.2, 0.25) is 0 Å². The summed E-state index contributed by atoms with van der Waals surface area (Å²) in [4.78, 5) is 38.8. The third-order valence-electron chi connectivity index (χ3n) is 3.65. The number of benzene rings is 1. The second-order valence-corrected chi connectivity index (χ2v) is 5.15. The molecule has 0 aromatic heterocycles. The molecule has 0 spiro atoms. The Balaban J connectivity index is 1.76. The van der Waals surface area contributed by atoms with Crippen LogP contribution in [0.1, 0.15) is 16.8 Å². The average molecular weight is 314 g/mol. The SMILES string of the molecule is N#CCC(=O)N1CCN(C(=O)CNC(=O)c2ccccc2)CC1. The van der Waals surface area contributed by atoms with Crippen LogP contribution in [-0.4, -0.2) is 60.2 Å². The molecule has 120 valence electrons. The molecule has 3 amide bonds. The summed E-state index contributed by atoms with van der Waals surface area (Å²) in [6.45, 7) is 1.59. The van der Waals surface area contributed by atoms with Crippen LogP contribution in [0.3, 0.4) is 0 Å². The van der Waals surface area contributed by atoms with Crippen LogP contribution < -0.4 is 5.32 Å². The van der Waals surface area contributed by atoms with E-state index in [4.69, 9.17) is 5.26 Å². The van der Waals surface area contributed by atoms with Gasteiger partial charge < -0.3 is 15.1 Å². The standard InChI is InChI=1S/C16H18N4O3/c17-7-6-14(21)19-8-10-20(11-9-19)15(22)12-18-16(23)13-4-2-1-3-5-13/h1-5H,6,8-12H2,(H,18,23). The monoisotopic (exact) mass is 314 g/mol. The topological polar surface area (TPSA) is 93.5 Å². The molecule has 0 unspecified atom stereocenters. The quantitative estimate of drug-likeness (QED) is 0.846. The summed E-state index contributed by atoms with van der Waals surface area (Å²) in [7, 11) is 0. The summed E-state index contributed by atoms with van der Waals surface area (Å²) < 4.78 is 0. The van der Waals surface area contributed by atoms with Gasteiger partial charge in [-0.3, -0.25) is 14.4 Å². The molecule has 0 atom stereocenters. The van der Waals surface area contributed by atoms with Crippen molar-refractivity contribution in [2.45, 2.75) is 6.42 Å². The van der Waals surface area contributed by atoms with Gasteiger partial charge in [0.05, 0.1) is 12.6 Å². The lowest BCUT2D eigenvalue weighted by molar-refractivity contribution is -0.138. The number of amides is 3. The van der Waals surface area contributed by atoms with Gasteiger partial charge in [0.2, 0.25) is 11.8 Å². The summed E-state index contributed by atoms with van der Waals surface area (Å²) >= 11 is 0. The molecule has 1 aromatic carbocycles. The molecule has 1 aliphatic rings. The van der Waals surface area contributed by atoms with Crippen molar-refractivity contribution in [3.63, 3.8) is 0 Å². The Morgan fingerprint density at radius 1 is 1.00 bits per heavy atom. The molecule has 1 N–H and O–H groups in total. The molecule has 1 aromatic rings. The van der Waals surface area contributed by atoms with Gasteiger partial charge >= 0.3 is 0 Å². The predicted octanol–water partition coefficient (Wildman–Crippen LogP) is 0.000880. The van der Waals surface area contributed by atoms with Crippen LogP contribution in [0.15, 0.2) is 30.3 Å². The van der Waals surface area contributed by atoms with Crippen molar-refractivity contribution in [2.24, 2.45) is 0 Å². The number of nitrogens with one attached hydrogen (secondary N) is 1.